The second kappa shape index (κ2) is 6.83. The minimum Gasteiger partial charge on any atom is -0.406 e. The van der Waals surface area contributed by atoms with E-state index in [1.807, 2.05) is 0 Å². The number of nitrogens with one attached hydrogen (secondary N) is 1. The van der Waals surface area contributed by atoms with Gasteiger partial charge in [0.2, 0.25) is 0 Å². The molecule has 0 saturated carbocycles. The van der Waals surface area contributed by atoms with E-state index in [4.69, 9.17) is 11.1 Å². The highest BCUT2D eigenvalue weighted by Gasteiger charge is 2.31. The lowest BCUT2D eigenvalue weighted by Crippen LogP contribution is -2.25. The number of ether oxygens (including phenoxy) is 2. The number of alkyl halides is 5. The maximum Gasteiger partial charge on any atom is 0.573 e. The predicted octanol–water partition coefficient (Wildman–Crippen LogP) is 2.30. The molecule has 11 heteroatoms. The summed E-state index contributed by atoms with van der Waals surface area (Å²) < 4.78 is 67.7. The van der Waals surface area contributed by atoms with Crippen LogP contribution in [-0.4, -0.2) is 30.6 Å². The second-order valence-electron chi connectivity index (χ2n) is 3.60. The van der Waals surface area contributed by atoms with Crippen molar-refractivity contribution in [2.45, 2.75) is 12.8 Å². The van der Waals surface area contributed by atoms with Crippen molar-refractivity contribution < 1.29 is 36.2 Å². The Hall–Kier alpha value is -2.72. The molecule has 0 fully saturated rings. The highest BCUT2D eigenvalue weighted by molar-refractivity contribution is 6.03. The molecule has 1 aromatic rings. The van der Waals surface area contributed by atoms with Crippen molar-refractivity contribution in [3.8, 4) is 5.75 Å². The summed E-state index contributed by atoms with van der Waals surface area (Å²) in [7, 11) is 0. The summed E-state index contributed by atoms with van der Waals surface area (Å²) in [6.45, 7) is 0. The van der Waals surface area contributed by atoms with Crippen molar-refractivity contribution in [1.82, 2.24) is 0 Å². The van der Waals surface area contributed by atoms with E-state index in [2.05, 4.69) is 14.5 Å². The van der Waals surface area contributed by atoms with E-state index in [0.29, 0.717) is 0 Å². The zero-order valence-corrected chi connectivity index (χ0v) is 10.5. The first kappa shape index (κ1) is 17.3. The van der Waals surface area contributed by atoms with Crippen molar-refractivity contribution in [1.29, 1.82) is 5.41 Å². The Bertz CT molecular complexity index is 601. The molecule has 22 heavy (non-hydrogen) atoms. The fourth-order valence-electron chi connectivity index (χ4n) is 1.17. The number of rotatable bonds is 3. The summed E-state index contributed by atoms with van der Waals surface area (Å²) in [5.41, 5.74) is 4.66. The van der Waals surface area contributed by atoms with E-state index in [1.165, 1.54) is 0 Å². The molecule has 0 aliphatic heterocycles. The van der Waals surface area contributed by atoms with Gasteiger partial charge in [-0.25, -0.2) is 0 Å². The van der Waals surface area contributed by atoms with E-state index < -0.39 is 36.4 Å². The Morgan fingerprint density at radius 2 is 1.95 bits per heavy atom. The molecule has 3 N–H and O–H groups in total. The normalized spacial score (nSPS) is 12.2. The molecule has 1 rings (SSSR count). The van der Waals surface area contributed by atoms with Crippen molar-refractivity contribution in [3.63, 3.8) is 0 Å². The van der Waals surface area contributed by atoms with Gasteiger partial charge in [-0.15, -0.1) is 13.2 Å². The molecule has 0 unspecified atom stereocenters. The monoisotopic (exact) mass is 325 g/mol. The number of carbonyl (C=O) groups is 1. The molecule has 0 heterocycles. The zero-order chi connectivity index (χ0) is 16.9. The maximum atomic E-state index is 12.0. The third kappa shape index (κ3) is 5.73. The minimum atomic E-state index is -4.95. The summed E-state index contributed by atoms with van der Waals surface area (Å²) in [6, 6.07) is 2.81. The number of amidine groups is 1. The van der Waals surface area contributed by atoms with Crippen molar-refractivity contribution in [3.05, 3.63) is 29.8 Å². The third-order valence-corrected chi connectivity index (χ3v) is 1.94. The average molecular weight is 325 g/mol. The van der Waals surface area contributed by atoms with Crippen LogP contribution in [0.4, 0.5) is 22.0 Å². The summed E-state index contributed by atoms with van der Waals surface area (Å²) in [4.78, 5) is 14.6. The lowest BCUT2D eigenvalue weighted by molar-refractivity contribution is -0.274. The van der Waals surface area contributed by atoms with Gasteiger partial charge in [-0.2, -0.15) is 13.8 Å². The number of nitrogens with zero attached hydrogens (tertiary/aromatic N) is 1. The summed E-state index contributed by atoms with van der Waals surface area (Å²) in [5.74, 6) is -3.36. The molecule has 1 aromatic carbocycles. The highest BCUT2D eigenvalue weighted by Crippen LogP contribution is 2.23. The molecule has 1 amide bonds. The Labute approximate surface area is 119 Å². The largest absolute Gasteiger partial charge is 0.573 e. The smallest absolute Gasteiger partial charge is 0.406 e. The molecule has 0 aliphatic carbocycles. The van der Waals surface area contributed by atoms with Crippen molar-refractivity contribution >= 4 is 17.8 Å². The van der Waals surface area contributed by atoms with Crippen LogP contribution in [0, 0.1) is 5.41 Å². The summed E-state index contributed by atoms with van der Waals surface area (Å²) in [5, 5.41) is 6.67. The predicted molar refractivity (Wildman–Crippen MR) is 63.9 cm³/mol. The van der Waals surface area contributed by atoms with Crippen LogP contribution in [0.15, 0.2) is 29.3 Å². The highest BCUT2D eigenvalue weighted by atomic mass is 19.4. The molecule has 6 nitrogen and oxygen atoms in total. The molecular formula is C11H8F5N3O3. The number of amides is 1. The van der Waals surface area contributed by atoms with Crippen molar-refractivity contribution in [2.24, 2.45) is 10.7 Å². The Balaban J connectivity index is 2.85. The zero-order valence-electron chi connectivity index (χ0n) is 10.5. The van der Waals surface area contributed by atoms with Crippen molar-refractivity contribution in [2.75, 3.05) is 0 Å². The first-order valence-electron chi connectivity index (χ1n) is 5.37. The number of hydrogen-bond donors (Lipinski definition) is 2. The number of benzene rings is 1. The van der Waals surface area contributed by atoms with Gasteiger partial charge >= 0.3 is 12.8 Å². The van der Waals surface area contributed by atoms with Gasteiger partial charge in [-0.3, -0.25) is 10.2 Å². The number of carbonyl (C=O) groups excluding carboxylic acids is 1. The van der Waals surface area contributed by atoms with E-state index in [1.54, 1.807) is 0 Å². The van der Waals surface area contributed by atoms with Gasteiger partial charge in [0.25, 0.3) is 17.8 Å². The fraction of sp³-hybridized carbons (Fsp3) is 0.182. The topological polar surface area (TPSA) is 97.8 Å². The molecule has 0 saturated heterocycles. The fourth-order valence-corrected chi connectivity index (χ4v) is 1.17. The van der Waals surface area contributed by atoms with E-state index in [9.17, 15) is 26.7 Å². The van der Waals surface area contributed by atoms with Crippen LogP contribution >= 0.6 is 0 Å². The van der Waals surface area contributed by atoms with Crippen LogP contribution in [0.3, 0.4) is 0 Å². The lowest BCUT2D eigenvalue weighted by Gasteiger charge is -2.09. The molecule has 0 aliphatic rings. The number of aliphatic imine (C=N–C) groups is 1. The minimum absolute atomic E-state index is 0.350. The maximum absolute atomic E-state index is 12.0. The van der Waals surface area contributed by atoms with Crippen LogP contribution in [0.5, 0.6) is 5.75 Å². The van der Waals surface area contributed by atoms with Crippen LogP contribution in [0.25, 0.3) is 0 Å². The standard InChI is InChI=1S/C11H8F5N3O3/c12-7(13)8(17)21-10(18)19-9(20)5-2-1-3-6(4-5)22-11(14,15)16/h1-4,7,17H,(H2,18,19,20). The van der Waals surface area contributed by atoms with Gasteiger partial charge in [-0.05, 0) is 18.2 Å². The molecule has 0 bridgehead atoms. The van der Waals surface area contributed by atoms with Gasteiger partial charge in [0, 0.05) is 5.56 Å². The van der Waals surface area contributed by atoms with Crippen LogP contribution in [0.1, 0.15) is 10.4 Å². The van der Waals surface area contributed by atoms with Gasteiger partial charge in [0.15, 0.2) is 0 Å². The van der Waals surface area contributed by atoms with E-state index >= 15 is 0 Å². The van der Waals surface area contributed by atoms with Crippen LogP contribution < -0.4 is 10.5 Å². The molecule has 0 atom stereocenters. The third-order valence-electron chi connectivity index (χ3n) is 1.94. The average Bonchev–Trinajstić information content (AvgIpc) is 2.36. The molecule has 0 spiro atoms. The summed E-state index contributed by atoms with van der Waals surface area (Å²) >= 11 is 0. The molecule has 0 aromatic heterocycles. The Morgan fingerprint density at radius 3 is 2.50 bits per heavy atom. The van der Waals surface area contributed by atoms with Gasteiger partial charge < -0.3 is 15.2 Å². The SMILES string of the molecule is N=C(OC(N)=NC(=O)c1cccc(OC(F)(F)F)c1)C(F)F. The van der Waals surface area contributed by atoms with Crippen LogP contribution in [-0.2, 0) is 4.74 Å². The first-order chi connectivity index (χ1) is 10.1. The quantitative estimate of drug-likeness (QED) is 0.506. The Morgan fingerprint density at radius 1 is 1.32 bits per heavy atom. The molecule has 0 radical (unpaired) electrons. The van der Waals surface area contributed by atoms with Crippen LogP contribution in [0.2, 0.25) is 0 Å². The van der Waals surface area contributed by atoms with Gasteiger partial charge in [0.05, 0.1) is 0 Å². The number of halogens is 5. The number of nitrogens with two attached hydrogens (primary N) is 1. The molecule has 120 valence electrons. The van der Waals surface area contributed by atoms with Gasteiger partial charge in [-0.1, -0.05) is 6.07 Å². The number of hydrogen-bond acceptors (Lipinski definition) is 4. The summed E-state index contributed by atoms with van der Waals surface area (Å²) in [6.07, 6.45) is -8.20. The molecular weight excluding hydrogens is 317 g/mol. The van der Waals surface area contributed by atoms with E-state index in [-0.39, 0.29) is 5.56 Å². The lowest BCUT2D eigenvalue weighted by atomic mass is 10.2. The van der Waals surface area contributed by atoms with Gasteiger partial charge in [0.1, 0.15) is 5.75 Å². The second-order valence-corrected chi connectivity index (χ2v) is 3.60. The van der Waals surface area contributed by atoms with E-state index in [0.717, 1.165) is 24.3 Å². The first-order valence-corrected chi connectivity index (χ1v) is 5.37. The Kier molecular flexibility index (Phi) is 5.38.